The smallest absolute Gasteiger partial charge is 0.0303 e. The maximum Gasteiger partial charge on any atom is 0.0303 e. The predicted molar refractivity (Wildman–Crippen MR) is 84.6 cm³/mol. The molecule has 19 heavy (non-hydrogen) atoms. The SMILES string of the molecule is CC(C)Cc1ccc(CNC(C)c2ccsc2)cc1. The molecule has 0 amide bonds. The molecule has 0 aliphatic heterocycles. The summed E-state index contributed by atoms with van der Waals surface area (Å²) in [6, 6.07) is 11.6. The number of hydrogen-bond donors (Lipinski definition) is 1. The molecule has 102 valence electrons. The van der Waals surface area contributed by atoms with Crippen LogP contribution in [-0.4, -0.2) is 0 Å². The first kappa shape index (κ1) is 14.3. The molecule has 0 fully saturated rings. The van der Waals surface area contributed by atoms with Crippen LogP contribution in [0.25, 0.3) is 0 Å². The molecule has 1 nitrogen and oxygen atoms in total. The largest absolute Gasteiger partial charge is 0.306 e. The van der Waals surface area contributed by atoms with Crippen molar-refractivity contribution in [1.29, 1.82) is 0 Å². The van der Waals surface area contributed by atoms with Gasteiger partial charge in [0.1, 0.15) is 0 Å². The second-order valence-corrected chi connectivity index (χ2v) is 6.35. The van der Waals surface area contributed by atoms with E-state index in [-0.39, 0.29) is 0 Å². The van der Waals surface area contributed by atoms with Crippen molar-refractivity contribution in [3.05, 3.63) is 57.8 Å². The third-order valence-corrected chi connectivity index (χ3v) is 4.02. The third-order valence-electron chi connectivity index (χ3n) is 3.32. The molecule has 0 radical (unpaired) electrons. The summed E-state index contributed by atoms with van der Waals surface area (Å²) in [7, 11) is 0. The van der Waals surface area contributed by atoms with E-state index in [9.17, 15) is 0 Å². The van der Waals surface area contributed by atoms with E-state index in [0.29, 0.717) is 6.04 Å². The molecule has 0 saturated carbocycles. The Kier molecular flexibility index (Phi) is 5.17. The Morgan fingerprint density at radius 2 is 1.68 bits per heavy atom. The van der Waals surface area contributed by atoms with Crippen LogP contribution in [0.4, 0.5) is 0 Å². The predicted octanol–water partition coefficient (Wildman–Crippen LogP) is 4.80. The van der Waals surface area contributed by atoms with Gasteiger partial charge in [-0.15, -0.1) is 0 Å². The Morgan fingerprint density at radius 3 is 2.26 bits per heavy atom. The molecular weight excluding hydrogens is 250 g/mol. The summed E-state index contributed by atoms with van der Waals surface area (Å²) in [4.78, 5) is 0. The Labute approximate surface area is 120 Å². The van der Waals surface area contributed by atoms with Crippen molar-refractivity contribution < 1.29 is 0 Å². The summed E-state index contributed by atoms with van der Waals surface area (Å²) in [5.41, 5.74) is 4.17. The lowest BCUT2D eigenvalue weighted by molar-refractivity contribution is 0.576. The van der Waals surface area contributed by atoms with Crippen LogP contribution in [0, 0.1) is 5.92 Å². The van der Waals surface area contributed by atoms with Crippen molar-refractivity contribution in [2.45, 2.75) is 39.8 Å². The summed E-state index contributed by atoms with van der Waals surface area (Å²) < 4.78 is 0. The number of nitrogens with one attached hydrogen (secondary N) is 1. The van der Waals surface area contributed by atoms with Crippen LogP contribution in [0.3, 0.4) is 0 Å². The molecule has 2 rings (SSSR count). The molecule has 1 unspecified atom stereocenters. The summed E-state index contributed by atoms with van der Waals surface area (Å²) >= 11 is 1.76. The minimum atomic E-state index is 0.418. The Morgan fingerprint density at radius 1 is 1.00 bits per heavy atom. The molecule has 1 N–H and O–H groups in total. The van der Waals surface area contributed by atoms with Crippen LogP contribution >= 0.6 is 11.3 Å². The van der Waals surface area contributed by atoms with Crippen molar-refractivity contribution in [3.63, 3.8) is 0 Å². The molecule has 0 bridgehead atoms. The lowest BCUT2D eigenvalue weighted by atomic mass is 10.0. The quantitative estimate of drug-likeness (QED) is 0.797. The van der Waals surface area contributed by atoms with Crippen molar-refractivity contribution in [2.24, 2.45) is 5.92 Å². The lowest BCUT2D eigenvalue weighted by Crippen LogP contribution is -2.17. The highest BCUT2D eigenvalue weighted by Crippen LogP contribution is 2.16. The zero-order valence-electron chi connectivity index (χ0n) is 12.0. The summed E-state index contributed by atoms with van der Waals surface area (Å²) in [5.74, 6) is 0.725. The van der Waals surface area contributed by atoms with Crippen molar-refractivity contribution in [3.8, 4) is 0 Å². The fourth-order valence-electron chi connectivity index (χ4n) is 2.17. The maximum absolute atomic E-state index is 3.57. The highest BCUT2D eigenvalue weighted by Gasteiger charge is 2.05. The Bertz CT molecular complexity index is 470. The summed E-state index contributed by atoms with van der Waals surface area (Å²) in [5, 5.41) is 7.91. The minimum Gasteiger partial charge on any atom is -0.306 e. The van der Waals surface area contributed by atoms with Crippen LogP contribution in [0.15, 0.2) is 41.1 Å². The highest BCUT2D eigenvalue weighted by atomic mass is 32.1. The Balaban J connectivity index is 1.86. The lowest BCUT2D eigenvalue weighted by Gasteiger charge is -2.13. The minimum absolute atomic E-state index is 0.418. The number of benzene rings is 1. The average molecular weight is 273 g/mol. The molecule has 0 aliphatic rings. The fourth-order valence-corrected chi connectivity index (χ4v) is 2.93. The van der Waals surface area contributed by atoms with Crippen molar-refractivity contribution in [1.82, 2.24) is 5.32 Å². The first-order valence-electron chi connectivity index (χ1n) is 6.98. The van der Waals surface area contributed by atoms with Gasteiger partial charge >= 0.3 is 0 Å². The molecule has 2 heteroatoms. The van der Waals surface area contributed by atoms with Gasteiger partial charge in [0, 0.05) is 12.6 Å². The number of thiophene rings is 1. The van der Waals surface area contributed by atoms with E-state index >= 15 is 0 Å². The molecule has 0 aliphatic carbocycles. The molecule has 1 aromatic carbocycles. The van der Waals surface area contributed by atoms with Crippen LogP contribution in [-0.2, 0) is 13.0 Å². The van der Waals surface area contributed by atoms with Gasteiger partial charge in [-0.3, -0.25) is 0 Å². The standard InChI is InChI=1S/C17H23NS/c1-13(2)10-15-4-6-16(7-5-15)11-18-14(3)17-8-9-19-12-17/h4-9,12-14,18H,10-11H2,1-3H3. The van der Waals surface area contributed by atoms with Gasteiger partial charge in [-0.25, -0.2) is 0 Å². The van der Waals surface area contributed by atoms with E-state index in [1.54, 1.807) is 11.3 Å². The van der Waals surface area contributed by atoms with Crippen molar-refractivity contribution >= 4 is 11.3 Å². The van der Waals surface area contributed by atoms with E-state index in [1.165, 1.54) is 23.1 Å². The summed E-state index contributed by atoms with van der Waals surface area (Å²) in [6.45, 7) is 7.67. The topological polar surface area (TPSA) is 12.0 Å². The van der Waals surface area contributed by atoms with Crippen LogP contribution in [0.2, 0.25) is 0 Å². The molecule has 2 aromatic rings. The average Bonchev–Trinajstić information content (AvgIpc) is 2.91. The molecule has 1 heterocycles. The molecule has 1 aromatic heterocycles. The van der Waals surface area contributed by atoms with E-state index in [2.05, 4.69) is 67.2 Å². The van der Waals surface area contributed by atoms with Crippen molar-refractivity contribution in [2.75, 3.05) is 0 Å². The van der Waals surface area contributed by atoms with E-state index in [0.717, 1.165) is 12.5 Å². The van der Waals surface area contributed by atoms with Gasteiger partial charge in [-0.1, -0.05) is 38.1 Å². The van der Waals surface area contributed by atoms with E-state index in [1.807, 2.05) is 0 Å². The first-order chi connectivity index (χ1) is 9.15. The summed E-state index contributed by atoms with van der Waals surface area (Å²) in [6.07, 6.45) is 1.17. The first-order valence-corrected chi connectivity index (χ1v) is 7.92. The second-order valence-electron chi connectivity index (χ2n) is 5.57. The number of hydrogen-bond acceptors (Lipinski definition) is 2. The van der Waals surface area contributed by atoms with Crippen LogP contribution in [0.5, 0.6) is 0 Å². The van der Waals surface area contributed by atoms with Gasteiger partial charge in [-0.05, 0) is 52.8 Å². The van der Waals surface area contributed by atoms with Gasteiger partial charge in [-0.2, -0.15) is 11.3 Å². The Hall–Kier alpha value is -1.12. The highest BCUT2D eigenvalue weighted by molar-refractivity contribution is 7.07. The van der Waals surface area contributed by atoms with E-state index in [4.69, 9.17) is 0 Å². The van der Waals surface area contributed by atoms with Gasteiger partial charge in [0.05, 0.1) is 0 Å². The fraction of sp³-hybridized carbons (Fsp3) is 0.412. The molecular formula is C17H23NS. The number of rotatable bonds is 6. The zero-order valence-corrected chi connectivity index (χ0v) is 12.8. The monoisotopic (exact) mass is 273 g/mol. The second kappa shape index (κ2) is 6.88. The molecule has 0 saturated heterocycles. The molecule has 1 atom stereocenters. The maximum atomic E-state index is 3.57. The normalized spacial score (nSPS) is 12.8. The van der Waals surface area contributed by atoms with Gasteiger partial charge in [0.15, 0.2) is 0 Å². The zero-order chi connectivity index (χ0) is 13.7. The van der Waals surface area contributed by atoms with Gasteiger partial charge in [0.2, 0.25) is 0 Å². The van der Waals surface area contributed by atoms with Gasteiger partial charge < -0.3 is 5.32 Å². The third kappa shape index (κ3) is 4.48. The molecule has 0 spiro atoms. The van der Waals surface area contributed by atoms with Crippen LogP contribution in [0.1, 0.15) is 43.5 Å². The van der Waals surface area contributed by atoms with E-state index < -0.39 is 0 Å². The van der Waals surface area contributed by atoms with Crippen LogP contribution < -0.4 is 5.32 Å². The van der Waals surface area contributed by atoms with Gasteiger partial charge in [0.25, 0.3) is 0 Å².